The van der Waals surface area contributed by atoms with Crippen molar-refractivity contribution >= 4 is 28.1 Å². The molecule has 2 unspecified atom stereocenters. The Morgan fingerprint density at radius 1 is 1.23 bits per heavy atom. The quantitative estimate of drug-likeness (QED) is 0.588. The molecule has 7 nitrogen and oxygen atoms in total. The van der Waals surface area contributed by atoms with Gasteiger partial charge in [0.15, 0.2) is 18.0 Å². The molecule has 3 aromatic rings. The Balaban J connectivity index is 1.34. The molecule has 31 heavy (non-hydrogen) atoms. The summed E-state index contributed by atoms with van der Waals surface area (Å²) in [5.74, 6) is -0.0343. The van der Waals surface area contributed by atoms with Crippen LogP contribution in [0.2, 0.25) is 0 Å². The third-order valence-corrected chi connectivity index (χ3v) is 6.76. The summed E-state index contributed by atoms with van der Waals surface area (Å²) in [6.07, 6.45) is -1.33. The summed E-state index contributed by atoms with van der Waals surface area (Å²) in [6.45, 7) is 2.23. The van der Waals surface area contributed by atoms with Crippen LogP contribution in [0, 0.1) is 24.6 Å². The maximum Gasteiger partial charge on any atom is 0.422 e. The molecule has 0 radical (unpaired) electrons. The second-order valence-corrected chi connectivity index (χ2v) is 8.89. The van der Waals surface area contributed by atoms with E-state index in [0.29, 0.717) is 11.8 Å². The van der Waals surface area contributed by atoms with Crippen LogP contribution in [-0.4, -0.2) is 50.9 Å². The standard InChI is InChI=1S/C19H20F4N6OS/c1-10-4-15(31-27-10)28-6-11-2-3-12(7-28)16(11)24-18-25-17-14(30-9-19(21,22)23)5-13(20)8-29(17)26-18/h4-5,8,11-12,16H,2-3,6-7,9H2,1H3,(H,24,26). The van der Waals surface area contributed by atoms with Gasteiger partial charge in [0.05, 0.1) is 11.9 Å². The SMILES string of the molecule is Cc1cc(N2CC3CCC(C2)C3Nc2nc3c(OCC(F)(F)F)cc(F)cn3n2)sn1. The lowest BCUT2D eigenvalue weighted by Crippen LogP contribution is -2.48. The molecule has 5 rings (SSSR count). The first-order chi connectivity index (χ1) is 14.7. The van der Waals surface area contributed by atoms with Gasteiger partial charge in [-0.05, 0) is 49.2 Å². The minimum absolute atomic E-state index is 0.0399. The third-order valence-electron chi connectivity index (χ3n) is 5.81. The fourth-order valence-corrected chi connectivity index (χ4v) is 5.32. The maximum atomic E-state index is 13.8. The minimum Gasteiger partial charge on any atom is -0.480 e. The van der Waals surface area contributed by atoms with Crippen LogP contribution in [0.1, 0.15) is 18.5 Å². The van der Waals surface area contributed by atoms with Gasteiger partial charge in [0.1, 0.15) is 10.8 Å². The molecule has 1 aliphatic carbocycles. The van der Waals surface area contributed by atoms with E-state index in [9.17, 15) is 17.6 Å². The number of nitrogens with zero attached hydrogens (tertiary/aromatic N) is 5. The van der Waals surface area contributed by atoms with Crippen molar-refractivity contribution in [2.24, 2.45) is 11.8 Å². The summed E-state index contributed by atoms with van der Waals surface area (Å²) < 4.78 is 61.7. The number of fused-ring (bicyclic) bond motifs is 3. The summed E-state index contributed by atoms with van der Waals surface area (Å²) in [6, 6.07) is 3.13. The molecule has 4 heterocycles. The number of nitrogens with one attached hydrogen (secondary N) is 1. The molecule has 3 aromatic heterocycles. The molecule has 1 aliphatic heterocycles. The molecule has 1 saturated carbocycles. The maximum absolute atomic E-state index is 13.8. The minimum atomic E-state index is -4.53. The lowest BCUT2D eigenvalue weighted by Gasteiger charge is -2.38. The highest BCUT2D eigenvalue weighted by Crippen LogP contribution is 2.41. The van der Waals surface area contributed by atoms with Gasteiger partial charge in [-0.2, -0.15) is 22.5 Å². The Morgan fingerprint density at radius 2 is 1.97 bits per heavy atom. The van der Waals surface area contributed by atoms with Crippen molar-refractivity contribution < 1.29 is 22.3 Å². The second-order valence-electron chi connectivity index (χ2n) is 8.11. The smallest absolute Gasteiger partial charge is 0.422 e. The molecule has 1 saturated heterocycles. The van der Waals surface area contributed by atoms with Crippen molar-refractivity contribution in [3.63, 3.8) is 0 Å². The Morgan fingerprint density at radius 3 is 2.61 bits per heavy atom. The summed E-state index contributed by atoms with van der Waals surface area (Å²) in [4.78, 5) is 6.65. The molecule has 2 fully saturated rings. The number of ether oxygens (including phenoxy) is 1. The van der Waals surface area contributed by atoms with E-state index >= 15 is 0 Å². The van der Waals surface area contributed by atoms with Gasteiger partial charge in [0.25, 0.3) is 0 Å². The van der Waals surface area contributed by atoms with Crippen LogP contribution in [0.15, 0.2) is 18.3 Å². The van der Waals surface area contributed by atoms with E-state index in [1.165, 1.54) is 16.5 Å². The van der Waals surface area contributed by atoms with Crippen LogP contribution in [0.3, 0.4) is 0 Å². The Bertz CT molecular complexity index is 1080. The Kier molecular flexibility index (Phi) is 4.91. The van der Waals surface area contributed by atoms with E-state index < -0.39 is 18.6 Å². The molecule has 12 heteroatoms. The summed E-state index contributed by atoms with van der Waals surface area (Å²) in [5.41, 5.74) is 1.05. The van der Waals surface area contributed by atoms with Gasteiger partial charge in [0, 0.05) is 25.2 Å². The zero-order chi connectivity index (χ0) is 21.8. The number of aromatic nitrogens is 4. The van der Waals surface area contributed by atoms with Crippen LogP contribution >= 0.6 is 11.5 Å². The number of hydrogen-bond acceptors (Lipinski definition) is 7. The predicted octanol–water partition coefficient (Wildman–Crippen LogP) is 3.90. The van der Waals surface area contributed by atoms with Crippen LogP contribution in [-0.2, 0) is 0 Å². The van der Waals surface area contributed by atoms with E-state index in [1.54, 1.807) is 0 Å². The molecule has 2 bridgehead atoms. The normalized spacial score (nSPS) is 23.5. The van der Waals surface area contributed by atoms with Gasteiger partial charge < -0.3 is 15.0 Å². The molecule has 2 aliphatic rings. The number of halogens is 4. The molecule has 2 atom stereocenters. The number of anilines is 2. The van der Waals surface area contributed by atoms with Gasteiger partial charge in [-0.25, -0.2) is 8.91 Å². The average Bonchev–Trinajstić information content (AvgIpc) is 3.35. The highest BCUT2D eigenvalue weighted by Gasteiger charge is 2.43. The van der Waals surface area contributed by atoms with E-state index in [2.05, 4.69) is 30.7 Å². The average molecular weight is 456 g/mol. The summed E-state index contributed by atoms with van der Waals surface area (Å²) in [5, 5.41) is 8.74. The molecular formula is C19H20F4N6OS. The molecule has 0 spiro atoms. The molecule has 1 N–H and O–H groups in total. The van der Waals surface area contributed by atoms with Crippen LogP contribution < -0.4 is 15.0 Å². The fraction of sp³-hybridized carbons (Fsp3) is 0.526. The van der Waals surface area contributed by atoms with E-state index in [0.717, 1.165) is 48.4 Å². The zero-order valence-electron chi connectivity index (χ0n) is 16.6. The lowest BCUT2D eigenvalue weighted by molar-refractivity contribution is -0.153. The summed E-state index contributed by atoms with van der Waals surface area (Å²) >= 11 is 1.50. The van der Waals surface area contributed by atoms with Gasteiger partial charge >= 0.3 is 6.18 Å². The second kappa shape index (κ2) is 7.50. The first-order valence-corrected chi connectivity index (χ1v) is 10.7. The van der Waals surface area contributed by atoms with Gasteiger partial charge in [-0.15, -0.1) is 5.10 Å². The monoisotopic (exact) mass is 456 g/mol. The van der Waals surface area contributed by atoms with Crippen molar-refractivity contribution in [1.82, 2.24) is 19.0 Å². The fourth-order valence-electron chi connectivity index (χ4n) is 4.54. The molecule has 166 valence electrons. The number of piperidine rings is 1. The van der Waals surface area contributed by atoms with Crippen molar-refractivity contribution in [2.75, 3.05) is 29.9 Å². The lowest BCUT2D eigenvalue weighted by atomic mass is 9.92. The van der Waals surface area contributed by atoms with Crippen molar-refractivity contribution in [2.45, 2.75) is 32.0 Å². The van der Waals surface area contributed by atoms with Gasteiger partial charge in [-0.3, -0.25) is 0 Å². The van der Waals surface area contributed by atoms with Crippen molar-refractivity contribution in [3.8, 4) is 5.75 Å². The number of rotatable bonds is 5. The molecular weight excluding hydrogens is 436 g/mol. The Hall–Kier alpha value is -2.63. The number of hydrogen-bond donors (Lipinski definition) is 1. The highest BCUT2D eigenvalue weighted by molar-refractivity contribution is 7.10. The van der Waals surface area contributed by atoms with Gasteiger partial charge in [-0.1, -0.05) is 0 Å². The van der Waals surface area contributed by atoms with E-state index in [-0.39, 0.29) is 23.4 Å². The number of pyridine rings is 1. The largest absolute Gasteiger partial charge is 0.480 e. The number of alkyl halides is 3. The third kappa shape index (κ3) is 4.12. The molecule has 0 amide bonds. The number of aryl methyl sites for hydroxylation is 1. The predicted molar refractivity (Wildman–Crippen MR) is 107 cm³/mol. The summed E-state index contributed by atoms with van der Waals surface area (Å²) in [7, 11) is 0. The van der Waals surface area contributed by atoms with Crippen LogP contribution in [0.5, 0.6) is 5.75 Å². The topological polar surface area (TPSA) is 67.6 Å². The van der Waals surface area contributed by atoms with Crippen LogP contribution in [0.25, 0.3) is 5.65 Å². The van der Waals surface area contributed by atoms with Crippen molar-refractivity contribution in [1.29, 1.82) is 0 Å². The zero-order valence-corrected chi connectivity index (χ0v) is 17.4. The van der Waals surface area contributed by atoms with Crippen LogP contribution in [0.4, 0.5) is 28.5 Å². The molecule has 0 aromatic carbocycles. The van der Waals surface area contributed by atoms with Crippen molar-refractivity contribution in [3.05, 3.63) is 29.8 Å². The Labute approximate surface area is 179 Å². The first kappa shape index (κ1) is 20.3. The highest BCUT2D eigenvalue weighted by atomic mass is 32.1. The van der Waals surface area contributed by atoms with E-state index in [4.69, 9.17) is 4.74 Å². The van der Waals surface area contributed by atoms with E-state index in [1.807, 2.05) is 6.92 Å². The van der Waals surface area contributed by atoms with Gasteiger partial charge in [0.2, 0.25) is 5.95 Å². The first-order valence-electron chi connectivity index (χ1n) is 9.95.